The smallest absolute Gasteiger partial charge is 0.321 e. The van der Waals surface area contributed by atoms with E-state index in [0.29, 0.717) is 26.3 Å². The van der Waals surface area contributed by atoms with E-state index in [2.05, 4.69) is 39.2 Å². The van der Waals surface area contributed by atoms with Crippen LogP contribution < -0.4 is 15.1 Å². The van der Waals surface area contributed by atoms with Gasteiger partial charge in [-0.25, -0.2) is 9.78 Å². The van der Waals surface area contributed by atoms with Gasteiger partial charge in [-0.3, -0.25) is 0 Å². The Morgan fingerprint density at radius 2 is 1.70 bits per heavy atom. The maximum atomic E-state index is 12.6. The lowest BCUT2D eigenvalue weighted by Gasteiger charge is -2.36. The van der Waals surface area contributed by atoms with Crippen LogP contribution in [0, 0.1) is 6.92 Å². The predicted octanol–water partition coefficient (Wildman–Crippen LogP) is 2.54. The maximum Gasteiger partial charge on any atom is 0.321 e. The fourth-order valence-corrected chi connectivity index (χ4v) is 3.77. The standard InChI is InChI=1S/C22H30N6O2/c1-3-18-4-6-19(7-5-18)24-22(29)28-10-8-26(9-11-28)20-16-17(2)23-21(25-20)27-12-14-30-15-13-27/h4-7,16H,3,8-15H2,1-2H3,(H,24,29). The zero-order chi connectivity index (χ0) is 20.9. The lowest BCUT2D eigenvalue weighted by Crippen LogP contribution is -2.50. The summed E-state index contributed by atoms with van der Waals surface area (Å²) in [6.07, 6.45) is 0.992. The fourth-order valence-electron chi connectivity index (χ4n) is 3.77. The molecule has 2 aromatic rings. The molecule has 160 valence electrons. The normalized spacial score (nSPS) is 17.2. The number of ether oxygens (including phenoxy) is 1. The molecule has 0 aliphatic carbocycles. The summed E-state index contributed by atoms with van der Waals surface area (Å²) in [6.45, 7) is 10.0. The largest absolute Gasteiger partial charge is 0.378 e. The number of carbonyl (C=O) groups is 1. The molecule has 2 aliphatic rings. The number of hydrogen-bond donors (Lipinski definition) is 1. The van der Waals surface area contributed by atoms with E-state index in [0.717, 1.165) is 55.7 Å². The lowest BCUT2D eigenvalue weighted by atomic mass is 10.1. The molecule has 0 spiro atoms. The van der Waals surface area contributed by atoms with Crippen molar-refractivity contribution in [2.75, 3.05) is 67.6 Å². The molecular weight excluding hydrogens is 380 g/mol. The number of benzene rings is 1. The van der Waals surface area contributed by atoms with Crippen molar-refractivity contribution >= 4 is 23.5 Å². The van der Waals surface area contributed by atoms with Gasteiger partial charge in [-0.1, -0.05) is 19.1 Å². The van der Waals surface area contributed by atoms with Crippen LogP contribution >= 0.6 is 0 Å². The van der Waals surface area contributed by atoms with E-state index in [1.807, 2.05) is 30.0 Å². The van der Waals surface area contributed by atoms with Crippen molar-refractivity contribution in [2.24, 2.45) is 0 Å². The second kappa shape index (κ2) is 9.30. The van der Waals surface area contributed by atoms with Crippen molar-refractivity contribution < 1.29 is 9.53 Å². The van der Waals surface area contributed by atoms with Gasteiger partial charge in [0.25, 0.3) is 0 Å². The topological polar surface area (TPSA) is 73.8 Å². The number of aryl methyl sites for hydroxylation is 2. The minimum atomic E-state index is -0.0493. The predicted molar refractivity (Wildman–Crippen MR) is 118 cm³/mol. The first-order valence-electron chi connectivity index (χ1n) is 10.7. The average Bonchev–Trinajstić information content (AvgIpc) is 2.80. The molecule has 0 unspecified atom stereocenters. The van der Waals surface area contributed by atoms with E-state index in [1.165, 1.54) is 5.56 Å². The van der Waals surface area contributed by atoms with Crippen molar-refractivity contribution in [3.05, 3.63) is 41.6 Å². The molecule has 1 aromatic heterocycles. The van der Waals surface area contributed by atoms with Crippen LogP contribution in [-0.2, 0) is 11.2 Å². The third-order valence-electron chi connectivity index (χ3n) is 5.63. The molecule has 2 amide bonds. The van der Waals surface area contributed by atoms with Gasteiger partial charge >= 0.3 is 6.03 Å². The zero-order valence-electron chi connectivity index (χ0n) is 17.8. The summed E-state index contributed by atoms with van der Waals surface area (Å²) in [7, 11) is 0. The highest BCUT2D eigenvalue weighted by Crippen LogP contribution is 2.20. The number of morpholine rings is 1. The van der Waals surface area contributed by atoms with Crippen LogP contribution in [0.1, 0.15) is 18.2 Å². The molecule has 3 heterocycles. The fraction of sp³-hybridized carbons (Fsp3) is 0.500. The third kappa shape index (κ3) is 4.81. The summed E-state index contributed by atoms with van der Waals surface area (Å²) in [5.74, 6) is 1.70. The lowest BCUT2D eigenvalue weighted by molar-refractivity contribution is 0.122. The monoisotopic (exact) mass is 410 g/mol. The highest BCUT2D eigenvalue weighted by atomic mass is 16.5. The number of urea groups is 1. The summed E-state index contributed by atoms with van der Waals surface area (Å²) in [5, 5.41) is 3.00. The molecule has 1 N–H and O–H groups in total. The third-order valence-corrected chi connectivity index (χ3v) is 5.63. The number of piperazine rings is 1. The van der Waals surface area contributed by atoms with Gasteiger partial charge in [-0.05, 0) is 31.0 Å². The number of nitrogens with one attached hydrogen (secondary N) is 1. The quantitative estimate of drug-likeness (QED) is 0.835. The Morgan fingerprint density at radius 3 is 2.37 bits per heavy atom. The molecule has 2 saturated heterocycles. The van der Waals surface area contributed by atoms with Crippen molar-refractivity contribution in [3.63, 3.8) is 0 Å². The first-order valence-corrected chi connectivity index (χ1v) is 10.7. The van der Waals surface area contributed by atoms with Gasteiger partial charge in [0.05, 0.1) is 13.2 Å². The molecule has 0 atom stereocenters. The van der Waals surface area contributed by atoms with Gasteiger partial charge in [0.1, 0.15) is 5.82 Å². The Hall–Kier alpha value is -2.87. The molecule has 4 rings (SSSR count). The highest BCUT2D eigenvalue weighted by Gasteiger charge is 2.23. The van der Waals surface area contributed by atoms with Crippen LogP contribution in [0.15, 0.2) is 30.3 Å². The van der Waals surface area contributed by atoms with E-state index < -0.39 is 0 Å². The van der Waals surface area contributed by atoms with Gasteiger partial charge in [0, 0.05) is 56.7 Å². The van der Waals surface area contributed by atoms with Crippen LogP contribution in [0.3, 0.4) is 0 Å². The number of amides is 2. The highest BCUT2D eigenvalue weighted by molar-refractivity contribution is 5.89. The molecule has 8 nitrogen and oxygen atoms in total. The Balaban J connectivity index is 1.35. The Morgan fingerprint density at radius 1 is 1.00 bits per heavy atom. The molecule has 0 radical (unpaired) electrons. The first-order chi connectivity index (χ1) is 14.6. The van der Waals surface area contributed by atoms with Crippen LogP contribution in [0.5, 0.6) is 0 Å². The Bertz CT molecular complexity index is 858. The molecule has 0 bridgehead atoms. The van der Waals surface area contributed by atoms with Crippen LogP contribution in [-0.4, -0.2) is 73.4 Å². The summed E-state index contributed by atoms with van der Waals surface area (Å²) in [5.41, 5.74) is 3.05. The molecule has 8 heteroatoms. The van der Waals surface area contributed by atoms with Crippen LogP contribution in [0.25, 0.3) is 0 Å². The summed E-state index contributed by atoms with van der Waals surface area (Å²) in [6, 6.07) is 10.0. The van der Waals surface area contributed by atoms with Gasteiger partial charge in [-0.15, -0.1) is 0 Å². The number of nitrogens with zero attached hydrogens (tertiary/aromatic N) is 5. The first kappa shape index (κ1) is 20.4. The molecule has 2 fully saturated rings. The van der Waals surface area contributed by atoms with Gasteiger partial charge in [-0.2, -0.15) is 4.98 Å². The molecule has 0 saturated carbocycles. The van der Waals surface area contributed by atoms with Crippen LogP contribution in [0.2, 0.25) is 0 Å². The number of anilines is 3. The van der Waals surface area contributed by atoms with Gasteiger partial charge in [0.15, 0.2) is 0 Å². The number of aromatic nitrogens is 2. The molecular formula is C22H30N6O2. The van der Waals surface area contributed by atoms with E-state index in [1.54, 1.807) is 0 Å². The minimum Gasteiger partial charge on any atom is -0.378 e. The number of carbonyl (C=O) groups excluding carboxylic acids is 1. The SMILES string of the molecule is CCc1ccc(NC(=O)N2CCN(c3cc(C)nc(N4CCOCC4)n3)CC2)cc1. The molecule has 30 heavy (non-hydrogen) atoms. The molecule has 1 aromatic carbocycles. The second-order valence-corrected chi connectivity index (χ2v) is 7.72. The van der Waals surface area contributed by atoms with E-state index in [-0.39, 0.29) is 6.03 Å². The summed E-state index contributed by atoms with van der Waals surface area (Å²) in [4.78, 5) is 28.3. The molecule has 2 aliphatic heterocycles. The number of hydrogen-bond acceptors (Lipinski definition) is 6. The van der Waals surface area contributed by atoms with Crippen molar-refractivity contribution in [1.82, 2.24) is 14.9 Å². The van der Waals surface area contributed by atoms with E-state index in [4.69, 9.17) is 9.72 Å². The van der Waals surface area contributed by atoms with Crippen molar-refractivity contribution in [2.45, 2.75) is 20.3 Å². The minimum absolute atomic E-state index is 0.0493. The van der Waals surface area contributed by atoms with Crippen molar-refractivity contribution in [1.29, 1.82) is 0 Å². The van der Waals surface area contributed by atoms with Gasteiger partial charge < -0.3 is 24.8 Å². The number of rotatable bonds is 4. The second-order valence-electron chi connectivity index (χ2n) is 7.72. The Kier molecular flexibility index (Phi) is 6.32. The van der Waals surface area contributed by atoms with Gasteiger partial charge in [0.2, 0.25) is 5.95 Å². The maximum absolute atomic E-state index is 12.6. The van der Waals surface area contributed by atoms with E-state index >= 15 is 0 Å². The summed E-state index contributed by atoms with van der Waals surface area (Å²) < 4.78 is 5.44. The van der Waals surface area contributed by atoms with E-state index in [9.17, 15) is 4.79 Å². The Labute approximate surface area is 177 Å². The summed E-state index contributed by atoms with van der Waals surface area (Å²) >= 11 is 0. The van der Waals surface area contributed by atoms with Crippen LogP contribution in [0.4, 0.5) is 22.2 Å². The average molecular weight is 411 g/mol. The zero-order valence-corrected chi connectivity index (χ0v) is 17.8. The van der Waals surface area contributed by atoms with Crippen molar-refractivity contribution in [3.8, 4) is 0 Å².